The number of rotatable bonds is 6. The zero-order valence-corrected chi connectivity index (χ0v) is 12.2. The highest BCUT2D eigenvalue weighted by atomic mass is 35.5. The Kier molecular flexibility index (Phi) is 5.13. The number of hydrogen-bond donors (Lipinski definition) is 1. The average molecular weight is 292 g/mol. The number of nitrogens with two attached hydrogens (primary N) is 1. The number of benzene rings is 2. The average Bonchev–Trinajstić information content (AvgIpc) is 2.44. The zero-order chi connectivity index (χ0) is 14.4. The van der Waals surface area contributed by atoms with Gasteiger partial charge in [-0.15, -0.1) is 0 Å². The van der Waals surface area contributed by atoms with Crippen molar-refractivity contribution in [3.8, 4) is 11.5 Å². The molecule has 106 valence electrons. The SMILES string of the molecule is Cc1ccc(Cl)c(OCCCOc2ccccc2N)c1. The number of halogens is 1. The molecule has 3 nitrogen and oxygen atoms in total. The standard InChI is InChI=1S/C16H18ClNO2/c1-12-7-8-13(17)16(11-12)20-10-4-9-19-15-6-3-2-5-14(15)18/h2-3,5-8,11H,4,9-10,18H2,1H3. The van der Waals surface area contributed by atoms with Crippen LogP contribution in [0.2, 0.25) is 5.02 Å². The van der Waals surface area contributed by atoms with Crippen molar-refractivity contribution in [2.24, 2.45) is 0 Å². The third-order valence-corrected chi connectivity index (χ3v) is 3.12. The van der Waals surface area contributed by atoms with Gasteiger partial charge in [-0.25, -0.2) is 0 Å². The van der Waals surface area contributed by atoms with Crippen molar-refractivity contribution >= 4 is 17.3 Å². The van der Waals surface area contributed by atoms with Crippen molar-refractivity contribution in [2.45, 2.75) is 13.3 Å². The van der Waals surface area contributed by atoms with E-state index in [1.807, 2.05) is 49.4 Å². The Morgan fingerprint density at radius 1 is 1.00 bits per heavy atom. The summed E-state index contributed by atoms with van der Waals surface area (Å²) in [5, 5.41) is 0.629. The van der Waals surface area contributed by atoms with E-state index in [0.717, 1.165) is 12.0 Å². The molecule has 0 saturated heterocycles. The number of aryl methyl sites for hydroxylation is 1. The first kappa shape index (κ1) is 14.5. The molecular weight excluding hydrogens is 274 g/mol. The Labute approximate surface area is 124 Å². The summed E-state index contributed by atoms with van der Waals surface area (Å²) < 4.78 is 11.2. The molecule has 0 atom stereocenters. The van der Waals surface area contributed by atoms with Crippen LogP contribution in [0.3, 0.4) is 0 Å². The number of nitrogen functional groups attached to an aromatic ring is 1. The lowest BCUT2D eigenvalue weighted by molar-refractivity contribution is 0.248. The highest BCUT2D eigenvalue weighted by Gasteiger charge is 2.02. The van der Waals surface area contributed by atoms with Crippen LogP contribution < -0.4 is 15.2 Å². The van der Waals surface area contributed by atoms with Gasteiger partial charge in [0.25, 0.3) is 0 Å². The van der Waals surface area contributed by atoms with E-state index in [2.05, 4.69) is 0 Å². The van der Waals surface area contributed by atoms with Gasteiger partial charge in [-0.3, -0.25) is 0 Å². The highest BCUT2D eigenvalue weighted by Crippen LogP contribution is 2.25. The second-order valence-corrected chi connectivity index (χ2v) is 4.93. The maximum atomic E-state index is 6.05. The largest absolute Gasteiger partial charge is 0.492 e. The summed E-state index contributed by atoms with van der Waals surface area (Å²) in [5.41, 5.74) is 7.56. The molecule has 2 aromatic carbocycles. The Balaban J connectivity index is 1.74. The van der Waals surface area contributed by atoms with Crippen LogP contribution in [0, 0.1) is 6.92 Å². The van der Waals surface area contributed by atoms with Crippen molar-refractivity contribution in [2.75, 3.05) is 18.9 Å². The summed E-state index contributed by atoms with van der Waals surface area (Å²) in [4.78, 5) is 0. The van der Waals surface area contributed by atoms with Crippen molar-refractivity contribution in [3.05, 3.63) is 53.1 Å². The lowest BCUT2D eigenvalue weighted by Crippen LogP contribution is -2.06. The van der Waals surface area contributed by atoms with E-state index in [0.29, 0.717) is 35.4 Å². The molecule has 0 amide bonds. The minimum Gasteiger partial charge on any atom is -0.492 e. The van der Waals surface area contributed by atoms with Crippen LogP contribution in [0.25, 0.3) is 0 Å². The van der Waals surface area contributed by atoms with Gasteiger partial charge in [0.1, 0.15) is 11.5 Å². The quantitative estimate of drug-likeness (QED) is 0.644. The van der Waals surface area contributed by atoms with Crippen LogP contribution in [-0.4, -0.2) is 13.2 Å². The summed E-state index contributed by atoms with van der Waals surface area (Å²) >= 11 is 6.05. The van der Waals surface area contributed by atoms with Crippen LogP contribution in [0.5, 0.6) is 11.5 Å². The fourth-order valence-corrected chi connectivity index (χ4v) is 1.93. The van der Waals surface area contributed by atoms with E-state index in [4.69, 9.17) is 26.8 Å². The fourth-order valence-electron chi connectivity index (χ4n) is 1.76. The normalized spacial score (nSPS) is 10.3. The van der Waals surface area contributed by atoms with E-state index in [-0.39, 0.29) is 0 Å². The van der Waals surface area contributed by atoms with Gasteiger partial charge in [-0.1, -0.05) is 29.8 Å². The molecule has 4 heteroatoms. The van der Waals surface area contributed by atoms with Gasteiger partial charge in [0.2, 0.25) is 0 Å². The Morgan fingerprint density at radius 3 is 2.45 bits per heavy atom. The minimum absolute atomic E-state index is 0.551. The molecule has 0 aromatic heterocycles. The molecule has 0 saturated carbocycles. The maximum absolute atomic E-state index is 6.05. The predicted molar refractivity (Wildman–Crippen MR) is 82.7 cm³/mol. The van der Waals surface area contributed by atoms with E-state index in [1.165, 1.54) is 0 Å². The van der Waals surface area contributed by atoms with E-state index >= 15 is 0 Å². The van der Waals surface area contributed by atoms with Gasteiger partial charge in [0, 0.05) is 6.42 Å². The minimum atomic E-state index is 0.551. The Morgan fingerprint density at radius 2 is 1.70 bits per heavy atom. The molecule has 0 fully saturated rings. The molecule has 0 bridgehead atoms. The van der Waals surface area contributed by atoms with Crippen molar-refractivity contribution in [3.63, 3.8) is 0 Å². The number of para-hydroxylation sites is 2. The summed E-state index contributed by atoms with van der Waals surface area (Å²) in [7, 11) is 0. The van der Waals surface area contributed by atoms with Gasteiger partial charge in [0.05, 0.1) is 23.9 Å². The molecule has 0 spiro atoms. The van der Waals surface area contributed by atoms with Crippen molar-refractivity contribution < 1.29 is 9.47 Å². The molecule has 0 aliphatic carbocycles. The molecule has 0 unspecified atom stereocenters. The lowest BCUT2D eigenvalue weighted by atomic mass is 10.2. The predicted octanol–water partition coefficient (Wildman–Crippen LogP) is 4.08. The molecule has 0 heterocycles. The summed E-state index contributed by atoms with van der Waals surface area (Å²) in [6.45, 7) is 3.11. The molecule has 2 aromatic rings. The second-order valence-electron chi connectivity index (χ2n) is 4.52. The van der Waals surface area contributed by atoms with Crippen LogP contribution in [0.15, 0.2) is 42.5 Å². The number of anilines is 1. The molecule has 2 N–H and O–H groups in total. The van der Waals surface area contributed by atoms with Crippen LogP contribution in [-0.2, 0) is 0 Å². The molecule has 20 heavy (non-hydrogen) atoms. The zero-order valence-electron chi connectivity index (χ0n) is 11.4. The fraction of sp³-hybridized carbons (Fsp3) is 0.250. The van der Waals surface area contributed by atoms with Gasteiger partial charge < -0.3 is 15.2 Å². The third-order valence-electron chi connectivity index (χ3n) is 2.81. The van der Waals surface area contributed by atoms with E-state index in [9.17, 15) is 0 Å². The Hall–Kier alpha value is -1.87. The van der Waals surface area contributed by atoms with E-state index < -0.39 is 0 Å². The lowest BCUT2D eigenvalue weighted by Gasteiger charge is -2.10. The maximum Gasteiger partial charge on any atom is 0.142 e. The van der Waals surface area contributed by atoms with Crippen LogP contribution in [0.1, 0.15) is 12.0 Å². The summed E-state index contributed by atoms with van der Waals surface area (Å²) in [6, 6.07) is 13.2. The highest BCUT2D eigenvalue weighted by molar-refractivity contribution is 6.32. The molecule has 2 rings (SSSR count). The van der Waals surface area contributed by atoms with Gasteiger partial charge in [-0.05, 0) is 36.8 Å². The van der Waals surface area contributed by atoms with Gasteiger partial charge >= 0.3 is 0 Å². The Bertz CT molecular complexity index is 572. The monoisotopic (exact) mass is 291 g/mol. The van der Waals surface area contributed by atoms with Crippen molar-refractivity contribution in [1.82, 2.24) is 0 Å². The molecule has 0 aliphatic rings. The van der Waals surface area contributed by atoms with Gasteiger partial charge in [0.15, 0.2) is 0 Å². The van der Waals surface area contributed by atoms with E-state index in [1.54, 1.807) is 0 Å². The first-order valence-electron chi connectivity index (χ1n) is 6.53. The molecular formula is C16H18ClNO2. The topological polar surface area (TPSA) is 44.5 Å². The third kappa shape index (κ3) is 4.07. The number of hydrogen-bond acceptors (Lipinski definition) is 3. The van der Waals surface area contributed by atoms with Crippen LogP contribution in [0.4, 0.5) is 5.69 Å². The molecule has 0 radical (unpaired) electrons. The smallest absolute Gasteiger partial charge is 0.142 e. The number of ether oxygens (including phenoxy) is 2. The second kappa shape index (κ2) is 7.06. The van der Waals surface area contributed by atoms with Gasteiger partial charge in [-0.2, -0.15) is 0 Å². The molecule has 0 aliphatic heterocycles. The summed E-state index contributed by atoms with van der Waals surface area (Å²) in [6.07, 6.45) is 0.763. The first-order chi connectivity index (χ1) is 9.66. The summed E-state index contributed by atoms with van der Waals surface area (Å²) in [5.74, 6) is 1.42. The van der Waals surface area contributed by atoms with Crippen molar-refractivity contribution in [1.29, 1.82) is 0 Å². The van der Waals surface area contributed by atoms with Crippen LogP contribution >= 0.6 is 11.6 Å². The first-order valence-corrected chi connectivity index (χ1v) is 6.91.